The number of piperidine rings is 1. The van der Waals surface area contributed by atoms with Crippen molar-refractivity contribution in [1.29, 1.82) is 0 Å². The normalized spacial score (nSPS) is 17.0. The summed E-state index contributed by atoms with van der Waals surface area (Å²) in [5, 5.41) is 3.40. The second-order valence-electron chi connectivity index (χ2n) is 4.64. The van der Waals surface area contributed by atoms with Crippen LogP contribution in [0.2, 0.25) is 0 Å². The van der Waals surface area contributed by atoms with Gasteiger partial charge < -0.3 is 10.1 Å². The number of hydrogen-bond donors (Lipinski definition) is 1. The number of halogens is 1. The van der Waals surface area contributed by atoms with E-state index in [1.165, 1.54) is 38.8 Å². The van der Waals surface area contributed by atoms with E-state index in [1.54, 1.807) is 0 Å². The molecule has 2 nitrogen and oxygen atoms in total. The zero-order chi connectivity index (χ0) is 11.9. The highest BCUT2D eigenvalue weighted by atomic mass is 79.9. The topological polar surface area (TPSA) is 21.3 Å². The van der Waals surface area contributed by atoms with Crippen molar-refractivity contribution in [3.05, 3.63) is 28.7 Å². The summed E-state index contributed by atoms with van der Waals surface area (Å²) in [5.41, 5.74) is 0. The molecule has 0 radical (unpaired) electrons. The van der Waals surface area contributed by atoms with Crippen LogP contribution in [-0.4, -0.2) is 19.7 Å². The molecule has 0 aromatic heterocycles. The molecule has 0 aliphatic carbocycles. The SMILES string of the molecule is Brc1ccc(OCCCC2CCNCC2)cc1. The molecule has 0 spiro atoms. The van der Waals surface area contributed by atoms with E-state index in [9.17, 15) is 0 Å². The van der Waals surface area contributed by atoms with Crippen molar-refractivity contribution in [1.82, 2.24) is 5.32 Å². The van der Waals surface area contributed by atoms with Gasteiger partial charge in [-0.05, 0) is 69.0 Å². The van der Waals surface area contributed by atoms with E-state index in [1.807, 2.05) is 24.3 Å². The Hall–Kier alpha value is -0.540. The molecule has 1 saturated heterocycles. The minimum Gasteiger partial charge on any atom is -0.494 e. The summed E-state index contributed by atoms with van der Waals surface area (Å²) >= 11 is 3.42. The van der Waals surface area contributed by atoms with E-state index >= 15 is 0 Å². The van der Waals surface area contributed by atoms with E-state index in [2.05, 4.69) is 21.2 Å². The highest BCUT2D eigenvalue weighted by Gasteiger charge is 2.12. The van der Waals surface area contributed by atoms with Crippen molar-refractivity contribution in [2.75, 3.05) is 19.7 Å². The Morgan fingerprint density at radius 2 is 1.88 bits per heavy atom. The number of nitrogens with one attached hydrogen (secondary N) is 1. The molecule has 94 valence electrons. The Morgan fingerprint density at radius 3 is 2.59 bits per heavy atom. The molecular weight excluding hydrogens is 278 g/mol. The van der Waals surface area contributed by atoms with Crippen molar-refractivity contribution < 1.29 is 4.74 Å². The molecule has 17 heavy (non-hydrogen) atoms. The van der Waals surface area contributed by atoms with Gasteiger partial charge in [0.1, 0.15) is 5.75 Å². The third kappa shape index (κ3) is 4.68. The Labute approximate surface area is 112 Å². The summed E-state index contributed by atoms with van der Waals surface area (Å²) in [6.45, 7) is 3.22. The van der Waals surface area contributed by atoms with Crippen LogP contribution in [0.25, 0.3) is 0 Å². The van der Waals surface area contributed by atoms with Gasteiger partial charge in [-0.1, -0.05) is 15.9 Å². The van der Waals surface area contributed by atoms with E-state index in [4.69, 9.17) is 4.74 Å². The number of hydrogen-bond acceptors (Lipinski definition) is 2. The lowest BCUT2D eigenvalue weighted by Crippen LogP contribution is -2.27. The molecule has 1 aliphatic heterocycles. The van der Waals surface area contributed by atoms with Gasteiger partial charge in [-0.3, -0.25) is 0 Å². The van der Waals surface area contributed by atoms with Gasteiger partial charge in [0, 0.05) is 4.47 Å². The molecule has 1 fully saturated rings. The molecule has 1 aliphatic rings. The zero-order valence-electron chi connectivity index (χ0n) is 10.1. The molecule has 1 heterocycles. The average Bonchev–Trinajstić information content (AvgIpc) is 2.38. The summed E-state index contributed by atoms with van der Waals surface area (Å²) in [4.78, 5) is 0. The third-order valence-corrected chi connectivity index (χ3v) is 3.83. The fourth-order valence-electron chi connectivity index (χ4n) is 2.26. The predicted molar refractivity (Wildman–Crippen MR) is 74.5 cm³/mol. The summed E-state index contributed by atoms with van der Waals surface area (Å²) < 4.78 is 6.81. The van der Waals surface area contributed by atoms with E-state index < -0.39 is 0 Å². The first-order chi connectivity index (χ1) is 8.34. The van der Waals surface area contributed by atoms with Crippen LogP contribution in [0.1, 0.15) is 25.7 Å². The van der Waals surface area contributed by atoms with Crippen LogP contribution >= 0.6 is 15.9 Å². The van der Waals surface area contributed by atoms with Crippen LogP contribution in [0, 0.1) is 5.92 Å². The number of ether oxygens (including phenoxy) is 1. The first kappa shape index (κ1) is 12.9. The lowest BCUT2D eigenvalue weighted by Gasteiger charge is -2.22. The molecule has 0 unspecified atom stereocenters. The van der Waals surface area contributed by atoms with Gasteiger partial charge in [0.25, 0.3) is 0 Å². The monoisotopic (exact) mass is 297 g/mol. The summed E-state index contributed by atoms with van der Waals surface area (Å²) in [7, 11) is 0. The molecule has 0 saturated carbocycles. The van der Waals surface area contributed by atoms with Gasteiger partial charge >= 0.3 is 0 Å². The molecule has 1 aromatic rings. The van der Waals surface area contributed by atoms with Gasteiger partial charge in [-0.15, -0.1) is 0 Å². The quantitative estimate of drug-likeness (QED) is 0.839. The zero-order valence-corrected chi connectivity index (χ0v) is 11.7. The maximum atomic E-state index is 5.72. The molecule has 2 rings (SSSR count). The molecule has 0 amide bonds. The number of rotatable bonds is 5. The second kappa shape index (κ2) is 7.02. The maximum absolute atomic E-state index is 5.72. The average molecular weight is 298 g/mol. The Kier molecular flexibility index (Phi) is 5.33. The second-order valence-corrected chi connectivity index (χ2v) is 5.55. The van der Waals surface area contributed by atoms with Crippen molar-refractivity contribution >= 4 is 15.9 Å². The van der Waals surface area contributed by atoms with Gasteiger partial charge in [0.05, 0.1) is 6.61 Å². The lowest BCUT2D eigenvalue weighted by atomic mass is 9.93. The first-order valence-electron chi connectivity index (χ1n) is 6.44. The largest absolute Gasteiger partial charge is 0.494 e. The smallest absolute Gasteiger partial charge is 0.119 e. The van der Waals surface area contributed by atoms with Crippen LogP contribution in [0.4, 0.5) is 0 Å². The third-order valence-electron chi connectivity index (χ3n) is 3.30. The van der Waals surface area contributed by atoms with Crippen molar-refractivity contribution in [3.63, 3.8) is 0 Å². The van der Waals surface area contributed by atoms with Crippen LogP contribution < -0.4 is 10.1 Å². The highest BCUT2D eigenvalue weighted by Crippen LogP contribution is 2.19. The van der Waals surface area contributed by atoms with E-state index in [-0.39, 0.29) is 0 Å². The van der Waals surface area contributed by atoms with E-state index in [0.29, 0.717) is 0 Å². The Bertz CT molecular complexity index is 319. The molecule has 0 bridgehead atoms. The van der Waals surface area contributed by atoms with Gasteiger partial charge in [0.2, 0.25) is 0 Å². The standard InChI is InChI=1S/C14H20BrNO/c15-13-3-5-14(6-4-13)17-11-1-2-12-7-9-16-10-8-12/h3-6,12,16H,1-2,7-11H2. The van der Waals surface area contributed by atoms with Gasteiger partial charge in [-0.2, -0.15) is 0 Å². The van der Waals surface area contributed by atoms with Crippen molar-refractivity contribution in [2.24, 2.45) is 5.92 Å². The first-order valence-corrected chi connectivity index (χ1v) is 7.23. The fraction of sp³-hybridized carbons (Fsp3) is 0.571. The maximum Gasteiger partial charge on any atom is 0.119 e. The van der Waals surface area contributed by atoms with Crippen molar-refractivity contribution in [2.45, 2.75) is 25.7 Å². The molecule has 0 atom stereocenters. The van der Waals surface area contributed by atoms with Crippen LogP contribution in [0.3, 0.4) is 0 Å². The minimum absolute atomic E-state index is 0.839. The predicted octanol–water partition coefficient (Wildman–Crippen LogP) is 3.61. The van der Waals surface area contributed by atoms with Crippen molar-refractivity contribution in [3.8, 4) is 5.75 Å². The van der Waals surface area contributed by atoms with Gasteiger partial charge in [-0.25, -0.2) is 0 Å². The lowest BCUT2D eigenvalue weighted by molar-refractivity contribution is 0.274. The van der Waals surface area contributed by atoms with Crippen LogP contribution in [-0.2, 0) is 0 Å². The molecule has 1 N–H and O–H groups in total. The Morgan fingerprint density at radius 1 is 1.18 bits per heavy atom. The van der Waals surface area contributed by atoms with Crippen LogP contribution in [0.5, 0.6) is 5.75 Å². The van der Waals surface area contributed by atoms with E-state index in [0.717, 1.165) is 22.7 Å². The minimum atomic E-state index is 0.839. The molecular formula is C14H20BrNO. The summed E-state index contributed by atoms with van der Waals surface area (Å²) in [6, 6.07) is 8.05. The summed E-state index contributed by atoms with van der Waals surface area (Å²) in [6.07, 6.45) is 5.13. The van der Waals surface area contributed by atoms with Crippen LogP contribution in [0.15, 0.2) is 28.7 Å². The highest BCUT2D eigenvalue weighted by molar-refractivity contribution is 9.10. The molecule has 3 heteroatoms. The Balaban J connectivity index is 1.60. The fourth-order valence-corrected chi connectivity index (χ4v) is 2.53. The van der Waals surface area contributed by atoms with Gasteiger partial charge in [0.15, 0.2) is 0 Å². The summed E-state index contributed by atoms with van der Waals surface area (Å²) in [5.74, 6) is 1.88. The number of benzene rings is 1. The molecule has 1 aromatic carbocycles.